The quantitative estimate of drug-likeness (QED) is 0.710. The summed E-state index contributed by atoms with van der Waals surface area (Å²) >= 11 is 0. The molecule has 0 radical (unpaired) electrons. The van der Waals surface area contributed by atoms with Gasteiger partial charge in [0.15, 0.2) is 0 Å². The first-order valence-corrected chi connectivity index (χ1v) is 10.0. The van der Waals surface area contributed by atoms with E-state index in [9.17, 15) is 9.59 Å². The molecule has 1 aliphatic carbocycles. The number of primary amides is 1. The van der Waals surface area contributed by atoms with Gasteiger partial charge in [0.2, 0.25) is 0 Å². The molecule has 0 spiro atoms. The highest BCUT2D eigenvalue weighted by Crippen LogP contribution is 2.38. The van der Waals surface area contributed by atoms with E-state index in [0.29, 0.717) is 16.8 Å². The Kier molecular flexibility index (Phi) is 5.31. The molecule has 30 heavy (non-hydrogen) atoms. The number of aryl methyl sites for hydroxylation is 3. The van der Waals surface area contributed by atoms with Gasteiger partial charge < -0.3 is 10.6 Å². The molecule has 4 rings (SSSR count). The van der Waals surface area contributed by atoms with Crippen LogP contribution in [0.15, 0.2) is 54.9 Å². The molecule has 0 bridgehead atoms. The first kappa shape index (κ1) is 19.8. The van der Waals surface area contributed by atoms with Crippen molar-refractivity contribution in [2.24, 2.45) is 5.73 Å². The molecule has 2 amide bonds. The summed E-state index contributed by atoms with van der Waals surface area (Å²) in [5.74, 6) is -0.711. The number of fused-ring (bicyclic) bond motifs is 1. The number of benzene rings is 1. The van der Waals surface area contributed by atoms with E-state index in [1.165, 1.54) is 11.8 Å². The molecular formula is C24H24N4O2. The molecule has 1 atom stereocenters. The number of hydrogen-bond acceptors (Lipinski definition) is 4. The number of carbonyl (C=O) groups excluding carboxylic acids is 2. The molecular weight excluding hydrogens is 376 g/mol. The largest absolute Gasteiger partial charge is 0.364 e. The third-order valence-corrected chi connectivity index (χ3v) is 5.69. The second-order valence-corrected chi connectivity index (χ2v) is 7.70. The molecule has 1 aliphatic rings. The Morgan fingerprint density at radius 2 is 1.87 bits per heavy atom. The first-order chi connectivity index (χ1) is 14.5. The molecule has 1 aromatic carbocycles. The van der Waals surface area contributed by atoms with E-state index in [0.717, 1.165) is 24.0 Å². The molecule has 0 unspecified atom stereocenters. The summed E-state index contributed by atoms with van der Waals surface area (Å²) in [5, 5.41) is 0. The maximum atomic E-state index is 13.7. The van der Waals surface area contributed by atoms with E-state index >= 15 is 0 Å². The zero-order chi connectivity index (χ0) is 21.3. The Labute approximate surface area is 175 Å². The van der Waals surface area contributed by atoms with Crippen LogP contribution >= 0.6 is 0 Å². The fraction of sp³-hybridized carbons (Fsp3) is 0.250. The molecule has 152 valence electrons. The normalized spacial score (nSPS) is 14.9. The van der Waals surface area contributed by atoms with Crippen molar-refractivity contribution in [3.8, 4) is 0 Å². The standard InChI is InChI=1S/C24H24N4O2/c1-15-7-8-17-9-10-21(20(17)13-15)28(24(30)19-6-4-11-26-16(19)2)14-18-5-3-12-27-22(18)23(25)29/h3-8,11-13,21H,9-10,14H2,1-2H3,(H2,25,29)/t21-/m1/s1. The van der Waals surface area contributed by atoms with Gasteiger partial charge in [0.25, 0.3) is 11.8 Å². The van der Waals surface area contributed by atoms with Crippen LogP contribution in [-0.4, -0.2) is 26.7 Å². The van der Waals surface area contributed by atoms with Crippen LogP contribution in [0.4, 0.5) is 0 Å². The van der Waals surface area contributed by atoms with Crippen LogP contribution in [0.2, 0.25) is 0 Å². The van der Waals surface area contributed by atoms with Crippen molar-refractivity contribution in [3.63, 3.8) is 0 Å². The predicted molar refractivity (Wildman–Crippen MR) is 114 cm³/mol. The van der Waals surface area contributed by atoms with E-state index in [1.54, 1.807) is 30.5 Å². The lowest BCUT2D eigenvalue weighted by Crippen LogP contribution is -2.35. The summed E-state index contributed by atoms with van der Waals surface area (Å²) in [6.07, 6.45) is 4.95. The van der Waals surface area contributed by atoms with Crippen LogP contribution in [0.3, 0.4) is 0 Å². The first-order valence-electron chi connectivity index (χ1n) is 10.0. The predicted octanol–water partition coefficient (Wildman–Crippen LogP) is 3.52. The van der Waals surface area contributed by atoms with Gasteiger partial charge in [-0.1, -0.05) is 29.8 Å². The smallest absolute Gasteiger partial charge is 0.267 e. The monoisotopic (exact) mass is 400 g/mol. The van der Waals surface area contributed by atoms with Crippen molar-refractivity contribution in [2.75, 3.05) is 0 Å². The number of pyridine rings is 2. The van der Waals surface area contributed by atoms with Gasteiger partial charge in [0, 0.05) is 30.2 Å². The molecule has 2 N–H and O–H groups in total. The number of nitrogens with two attached hydrogens (primary N) is 1. The summed E-state index contributed by atoms with van der Waals surface area (Å²) in [7, 11) is 0. The minimum atomic E-state index is -0.599. The van der Waals surface area contributed by atoms with Gasteiger partial charge in [-0.15, -0.1) is 0 Å². The van der Waals surface area contributed by atoms with Crippen LogP contribution in [0, 0.1) is 13.8 Å². The van der Waals surface area contributed by atoms with Crippen molar-refractivity contribution in [1.29, 1.82) is 0 Å². The van der Waals surface area contributed by atoms with Gasteiger partial charge in [-0.25, -0.2) is 0 Å². The van der Waals surface area contributed by atoms with Gasteiger partial charge in [0.1, 0.15) is 5.69 Å². The zero-order valence-corrected chi connectivity index (χ0v) is 17.1. The van der Waals surface area contributed by atoms with Gasteiger partial charge in [0.05, 0.1) is 11.6 Å². The van der Waals surface area contributed by atoms with Crippen molar-refractivity contribution in [2.45, 2.75) is 39.3 Å². The maximum Gasteiger partial charge on any atom is 0.267 e. The number of aromatic nitrogens is 2. The summed E-state index contributed by atoms with van der Waals surface area (Å²) < 4.78 is 0. The number of hydrogen-bond donors (Lipinski definition) is 1. The topological polar surface area (TPSA) is 89.2 Å². The minimum Gasteiger partial charge on any atom is -0.364 e. The van der Waals surface area contributed by atoms with Crippen LogP contribution < -0.4 is 5.73 Å². The van der Waals surface area contributed by atoms with Gasteiger partial charge in [-0.2, -0.15) is 0 Å². The highest BCUT2D eigenvalue weighted by atomic mass is 16.2. The molecule has 0 saturated carbocycles. The van der Waals surface area contributed by atoms with E-state index in [-0.39, 0.29) is 24.2 Å². The highest BCUT2D eigenvalue weighted by Gasteiger charge is 2.33. The number of nitrogens with zero attached hydrogens (tertiary/aromatic N) is 3. The van der Waals surface area contributed by atoms with E-state index < -0.39 is 5.91 Å². The van der Waals surface area contributed by atoms with Crippen molar-refractivity contribution >= 4 is 11.8 Å². The van der Waals surface area contributed by atoms with Crippen LogP contribution in [-0.2, 0) is 13.0 Å². The number of amides is 2. The van der Waals surface area contributed by atoms with Gasteiger partial charge in [-0.3, -0.25) is 19.6 Å². The second kappa shape index (κ2) is 8.06. The van der Waals surface area contributed by atoms with Crippen LogP contribution in [0.5, 0.6) is 0 Å². The Bertz CT molecular complexity index is 1130. The Balaban J connectivity index is 1.79. The van der Waals surface area contributed by atoms with Gasteiger partial charge in [-0.05, 0) is 56.0 Å². The third-order valence-electron chi connectivity index (χ3n) is 5.69. The minimum absolute atomic E-state index is 0.0899. The molecule has 6 heteroatoms. The average Bonchev–Trinajstić information content (AvgIpc) is 3.15. The lowest BCUT2D eigenvalue weighted by molar-refractivity contribution is 0.0654. The lowest BCUT2D eigenvalue weighted by atomic mass is 10.0. The zero-order valence-electron chi connectivity index (χ0n) is 17.1. The summed E-state index contributed by atoms with van der Waals surface area (Å²) in [4.78, 5) is 35.8. The molecule has 2 heterocycles. The third kappa shape index (κ3) is 3.68. The summed E-state index contributed by atoms with van der Waals surface area (Å²) in [6, 6.07) is 13.4. The fourth-order valence-corrected chi connectivity index (χ4v) is 4.18. The molecule has 2 aromatic heterocycles. The Morgan fingerprint density at radius 1 is 1.10 bits per heavy atom. The summed E-state index contributed by atoms with van der Waals surface area (Å²) in [5.41, 5.74) is 11.2. The van der Waals surface area contributed by atoms with E-state index in [1.807, 2.05) is 11.8 Å². The Hall–Kier alpha value is -3.54. The SMILES string of the molecule is Cc1ccc2c(c1)[C@H](N(Cc1cccnc1C(N)=O)C(=O)c1cccnc1C)CC2. The van der Waals surface area contributed by atoms with Crippen molar-refractivity contribution in [1.82, 2.24) is 14.9 Å². The average molecular weight is 400 g/mol. The number of carbonyl (C=O) groups is 2. The van der Waals surface area contributed by atoms with E-state index in [4.69, 9.17) is 5.73 Å². The maximum absolute atomic E-state index is 13.7. The molecule has 0 aliphatic heterocycles. The fourth-order valence-electron chi connectivity index (χ4n) is 4.18. The molecule has 0 fully saturated rings. The van der Waals surface area contributed by atoms with Crippen molar-refractivity contribution in [3.05, 3.63) is 94.1 Å². The second-order valence-electron chi connectivity index (χ2n) is 7.70. The molecule has 0 saturated heterocycles. The van der Waals surface area contributed by atoms with Crippen molar-refractivity contribution < 1.29 is 9.59 Å². The lowest BCUT2D eigenvalue weighted by Gasteiger charge is -2.31. The van der Waals surface area contributed by atoms with Gasteiger partial charge >= 0.3 is 0 Å². The van der Waals surface area contributed by atoms with E-state index in [2.05, 4.69) is 35.1 Å². The molecule has 6 nitrogen and oxygen atoms in total. The highest BCUT2D eigenvalue weighted by molar-refractivity contribution is 5.96. The number of rotatable bonds is 5. The summed E-state index contributed by atoms with van der Waals surface area (Å²) in [6.45, 7) is 4.13. The Morgan fingerprint density at radius 3 is 2.63 bits per heavy atom. The molecule has 3 aromatic rings. The van der Waals surface area contributed by atoms with Crippen LogP contribution in [0.25, 0.3) is 0 Å². The van der Waals surface area contributed by atoms with Crippen LogP contribution in [0.1, 0.15) is 61.3 Å².